The lowest BCUT2D eigenvalue weighted by Gasteiger charge is -2.45. The van der Waals surface area contributed by atoms with Gasteiger partial charge in [-0.3, -0.25) is 10.1 Å². The molecular weight excluding hydrogens is 224 g/mol. The number of carbonyl (C=O) groups excluding carboxylic acids is 1. The number of nitrogens with one attached hydrogen (secondary N) is 1. The molecule has 104 valence electrons. The van der Waals surface area contributed by atoms with Crippen molar-refractivity contribution in [2.24, 2.45) is 11.3 Å². The largest absolute Gasteiger partial charge is 0.325 e. The second-order valence-corrected chi connectivity index (χ2v) is 6.49. The Kier molecular flexibility index (Phi) is 4.00. The van der Waals surface area contributed by atoms with Gasteiger partial charge in [0.2, 0.25) is 5.91 Å². The van der Waals surface area contributed by atoms with Gasteiger partial charge < -0.3 is 4.90 Å². The van der Waals surface area contributed by atoms with Gasteiger partial charge in [0.05, 0.1) is 12.2 Å². The van der Waals surface area contributed by atoms with E-state index in [1.165, 1.54) is 25.7 Å². The second kappa shape index (κ2) is 5.20. The van der Waals surface area contributed by atoms with Gasteiger partial charge in [-0.1, -0.05) is 34.1 Å². The van der Waals surface area contributed by atoms with Gasteiger partial charge in [0.1, 0.15) is 0 Å². The Morgan fingerprint density at radius 2 is 2.06 bits per heavy atom. The summed E-state index contributed by atoms with van der Waals surface area (Å²) in [6.07, 6.45) is 6.42. The fourth-order valence-corrected chi connectivity index (χ4v) is 3.37. The summed E-state index contributed by atoms with van der Waals surface area (Å²) in [5.74, 6) is 0.715. The van der Waals surface area contributed by atoms with Crippen LogP contribution in [0.5, 0.6) is 0 Å². The van der Waals surface area contributed by atoms with Crippen molar-refractivity contribution in [2.45, 2.75) is 72.0 Å². The van der Waals surface area contributed by atoms with Crippen molar-refractivity contribution >= 4 is 5.91 Å². The molecule has 3 nitrogen and oxygen atoms in total. The minimum absolute atomic E-state index is 0.0314. The molecule has 0 aromatic carbocycles. The molecule has 1 saturated carbocycles. The summed E-state index contributed by atoms with van der Waals surface area (Å²) in [6, 6.07) is 0.0314. The van der Waals surface area contributed by atoms with E-state index in [4.69, 9.17) is 0 Å². The average Bonchev–Trinajstić information content (AvgIpc) is 2.61. The highest BCUT2D eigenvalue weighted by molar-refractivity contribution is 5.84. The maximum Gasteiger partial charge on any atom is 0.241 e. The number of rotatable bonds is 5. The van der Waals surface area contributed by atoms with E-state index in [0.717, 1.165) is 13.0 Å². The minimum atomic E-state index is 0.0314. The van der Waals surface area contributed by atoms with Gasteiger partial charge in [0.25, 0.3) is 0 Å². The molecule has 1 amide bonds. The molecule has 1 N–H and O–H groups in total. The Bertz CT molecular complexity index is 304. The van der Waals surface area contributed by atoms with E-state index in [-0.39, 0.29) is 12.2 Å². The van der Waals surface area contributed by atoms with Gasteiger partial charge in [0.15, 0.2) is 0 Å². The second-order valence-electron chi connectivity index (χ2n) is 6.49. The molecule has 2 unspecified atom stereocenters. The van der Waals surface area contributed by atoms with Gasteiger partial charge in [0, 0.05) is 6.54 Å². The van der Waals surface area contributed by atoms with Gasteiger partial charge in [-0.15, -0.1) is 0 Å². The van der Waals surface area contributed by atoms with Crippen molar-refractivity contribution in [1.82, 2.24) is 10.2 Å². The molecule has 2 aliphatic rings. The number of nitrogens with zero attached hydrogens (tertiary/aromatic N) is 1. The van der Waals surface area contributed by atoms with Gasteiger partial charge in [-0.05, 0) is 37.0 Å². The molecule has 0 radical (unpaired) electrons. The Morgan fingerprint density at radius 3 is 2.44 bits per heavy atom. The highest BCUT2D eigenvalue weighted by Crippen LogP contribution is 2.45. The first-order valence-corrected chi connectivity index (χ1v) is 7.59. The molecule has 0 spiro atoms. The molecule has 0 aromatic rings. The molecule has 1 aliphatic carbocycles. The average molecular weight is 252 g/mol. The molecule has 1 aliphatic heterocycles. The monoisotopic (exact) mass is 252 g/mol. The van der Waals surface area contributed by atoms with Crippen molar-refractivity contribution in [1.29, 1.82) is 0 Å². The fourth-order valence-electron chi connectivity index (χ4n) is 3.37. The lowest BCUT2D eigenvalue weighted by Crippen LogP contribution is -2.47. The third kappa shape index (κ3) is 2.29. The molecule has 1 saturated heterocycles. The maximum atomic E-state index is 12.5. The molecule has 0 aromatic heterocycles. The lowest BCUT2D eigenvalue weighted by atomic mass is 9.66. The highest BCUT2D eigenvalue weighted by Gasteiger charge is 2.45. The summed E-state index contributed by atoms with van der Waals surface area (Å²) >= 11 is 0. The smallest absolute Gasteiger partial charge is 0.241 e. The van der Waals surface area contributed by atoms with Crippen LogP contribution in [0.15, 0.2) is 0 Å². The van der Waals surface area contributed by atoms with Crippen molar-refractivity contribution in [3.63, 3.8) is 0 Å². The number of amides is 1. The van der Waals surface area contributed by atoms with E-state index in [1.54, 1.807) is 0 Å². The molecule has 2 atom stereocenters. The van der Waals surface area contributed by atoms with Crippen molar-refractivity contribution in [2.75, 3.05) is 6.54 Å². The van der Waals surface area contributed by atoms with E-state index >= 15 is 0 Å². The Balaban J connectivity index is 2.08. The first kappa shape index (κ1) is 13.9. The van der Waals surface area contributed by atoms with E-state index in [1.807, 2.05) is 0 Å². The summed E-state index contributed by atoms with van der Waals surface area (Å²) in [7, 11) is 0. The van der Waals surface area contributed by atoms with E-state index in [9.17, 15) is 4.79 Å². The topological polar surface area (TPSA) is 32.3 Å². The van der Waals surface area contributed by atoms with Crippen LogP contribution in [0.4, 0.5) is 0 Å². The van der Waals surface area contributed by atoms with Crippen LogP contribution in [0.25, 0.3) is 0 Å². The van der Waals surface area contributed by atoms with Crippen molar-refractivity contribution in [3.05, 3.63) is 0 Å². The summed E-state index contributed by atoms with van der Waals surface area (Å²) in [5.41, 5.74) is 0.427. The van der Waals surface area contributed by atoms with Crippen LogP contribution in [0.3, 0.4) is 0 Å². The molecule has 3 heteroatoms. The molecule has 0 bridgehead atoms. The van der Waals surface area contributed by atoms with Crippen LogP contribution in [0, 0.1) is 11.3 Å². The van der Waals surface area contributed by atoms with E-state index < -0.39 is 0 Å². The first-order chi connectivity index (χ1) is 8.53. The minimum Gasteiger partial charge on any atom is -0.325 e. The van der Waals surface area contributed by atoms with Crippen molar-refractivity contribution in [3.8, 4) is 0 Å². The lowest BCUT2D eigenvalue weighted by molar-refractivity contribution is -0.133. The van der Waals surface area contributed by atoms with Crippen LogP contribution in [-0.2, 0) is 4.79 Å². The fraction of sp³-hybridized carbons (Fsp3) is 0.933. The van der Waals surface area contributed by atoms with Crippen LogP contribution in [0.1, 0.15) is 59.8 Å². The van der Waals surface area contributed by atoms with Crippen LogP contribution >= 0.6 is 0 Å². The SMILES string of the molecule is CCC1NC(C(C)C)C(=O)N1CC1(CC)CCC1. The van der Waals surface area contributed by atoms with Crippen molar-refractivity contribution < 1.29 is 4.79 Å². The third-order valence-corrected chi connectivity index (χ3v) is 5.02. The predicted molar refractivity (Wildman–Crippen MR) is 74.1 cm³/mol. The quantitative estimate of drug-likeness (QED) is 0.816. The standard InChI is InChI=1S/C15H28N2O/c1-5-12-16-13(11(3)4)14(18)17(12)10-15(6-2)8-7-9-15/h11-13,16H,5-10H2,1-4H3. The zero-order valence-corrected chi connectivity index (χ0v) is 12.3. The van der Waals surface area contributed by atoms with Gasteiger partial charge >= 0.3 is 0 Å². The first-order valence-electron chi connectivity index (χ1n) is 7.59. The highest BCUT2D eigenvalue weighted by atomic mass is 16.2. The van der Waals surface area contributed by atoms with E-state index in [0.29, 0.717) is 17.2 Å². The Morgan fingerprint density at radius 1 is 1.39 bits per heavy atom. The number of hydrogen-bond acceptors (Lipinski definition) is 2. The molecule has 18 heavy (non-hydrogen) atoms. The molecular formula is C15H28N2O. The van der Waals surface area contributed by atoms with Gasteiger partial charge in [-0.25, -0.2) is 0 Å². The summed E-state index contributed by atoms with van der Waals surface area (Å²) < 4.78 is 0. The summed E-state index contributed by atoms with van der Waals surface area (Å²) in [5, 5.41) is 3.51. The Labute approximate surface area is 111 Å². The zero-order valence-electron chi connectivity index (χ0n) is 12.3. The summed E-state index contributed by atoms with van der Waals surface area (Å²) in [6.45, 7) is 9.67. The van der Waals surface area contributed by atoms with E-state index in [2.05, 4.69) is 37.9 Å². The zero-order chi connectivity index (χ0) is 13.3. The van der Waals surface area contributed by atoms with Crippen LogP contribution in [-0.4, -0.2) is 29.6 Å². The normalized spacial score (nSPS) is 30.9. The molecule has 1 heterocycles. The number of carbonyl (C=O) groups is 1. The number of hydrogen-bond donors (Lipinski definition) is 1. The summed E-state index contributed by atoms with van der Waals surface area (Å²) in [4.78, 5) is 14.6. The van der Waals surface area contributed by atoms with Crippen LogP contribution in [0.2, 0.25) is 0 Å². The maximum absolute atomic E-state index is 12.5. The predicted octanol–water partition coefficient (Wildman–Crippen LogP) is 2.76. The molecule has 2 rings (SSSR count). The third-order valence-electron chi connectivity index (χ3n) is 5.02. The van der Waals surface area contributed by atoms with Crippen LogP contribution < -0.4 is 5.32 Å². The van der Waals surface area contributed by atoms with Gasteiger partial charge in [-0.2, -0.15) is 0 Å². The molecule has 2 fully saturated rings. The Hall–Kier alpha value is -0.570.